The highest BCUT2D eigenvalue weighted by molar-refractivity contribution is 5.95. The van der Waals surface area contributed by atoms with Crippen LogP contribution in [0.2, 0.25) is 0 Å². The molecule has 0 spiro atoms. The maximum atomic E-state index is 14.0. The molecule has 1 aliphatic carbocycles. The fourth-order valence-corrected chi connectivity index (χ4v) is 3.31. The van der Waals surface area contributed by atoms with Gasteiger partial charge in [0.25, 0.3) is 5.91 Å². The lowest BCUT2D eigenvalue weighted by atomic mass is 10.1. The number of likely N-dealkylation sites (tertiary alicyclic amines) is 1. The molecule has 1 aliphatic heterocycles. The number of benzene rings is 1. The summed E-state index contributed by atoms with van der Waals surface area (Å²) in [5.41, 5.74) is 1.02. The number of hydrogen-bond donors (Lipinski definition) is 1. The lowest BCUT2D eigenvalue weighted by molar-refractivity contribution is 0.0716. The summed E-state index contributed by atoms with van der Waals surface area (Å²) >= 11 is 0. The van der Waals surface area contributed by atoms with Crippen LogP contribution in [0, 0.1) is 5.82 Å². The molecule has 2 fully saturated rings. The third kappa shape index (κ3) is 2.86. The third-order valence-corrected chi connectivity index (χ3v) is 4.77. The average molecular weight is 330 g/mol. The Morgan fingerprint density at radius 3 is 2.92 bits per heavy atom. The first kappa shape index (κ1) is 15.1. The van der Waals surface area contributed by atoms with Gasteiger partial charge in [-0.1, -0.05) is 5.21 Å². The molecule has 6 nitrogen and oxygen atoms in total. The van der Waals surface area contributed by atoms with Crippen molar-refractivity contribution in [1.29, 1.82) is 0 Å². The predicted molar refractivity (Wildman–Crippen MR) is 84.1 cm³/mol. The number of phenols is 1. The molecule has 126 valence electrons. The van der Waals surface area contributed by atoms with Gasteiger partial charge in [0.15, 0.2) is 0 Å². The van der Waals surface area contributed by atoms with E-state index in [-0.39, 0.29) is 23.3 Å². The zero-order valence-corrected chi connectivity index (χ0v) is 13.2. The normalized spacial score (nSPS) is 20.5. The number of halogens is 1. The van der Waals surface area contributed by atoms with Crippen LogP contribution in [0.15, 0.2) is 24.4 Å². The molecule has 1 atom stereocenters. The summed E-state index contributed by atoms with van der Waals surface area (Å²) in [5, 5.41) is 17.7. The van der Waals surface area contributed by atoms with Crippen LogP contribution in [-0.2, 0) is 6.54 Å². The number of aromatic hydroxyl groups is 1. The molecule has 2 aliphatic rings. The number of carbonyl (C=O) groups excluding carboxylic acids is 1. The van der Waals surface area contributed by atoms with E-state index >= 15 is 0 Å². The third-order valence-electron chi connectivity index (χ3n) is 4.77. The fraction of sp³-hybridized carbons (Fsp3) is 0.471. The highest BCUT2D eigenvalue weighted by Gasteiger charge is 2.32. The van der Waals surface area contributed by atoms with E-state index < -0.39 is 5.82 Å². The SMILES string of the molecule is O=C(c1ccc(O)cc1F)N1CCC[C@H]1Cn1cc(C2CC2)nn1. The average Bonchev–Trinajstić information content (AvgIpc) is 3.12. The van der Waals surface area contributed by atoms with E-state index in [4.69, 9.17) is 0 Å². The van der Waals surface area contributed by atoms with Gasteiger partial charge < -0.3 is 10.0 Å². The standard InChI is InChI=1S/C17H19FN4O2/c18-15-8-13(23)5-6-14(15)17(24)22-7-1-2-12(22)9-21-10-16(19-20-21)11-3-4-11/h5-6,8,10-12,23H,1-4,7,9H2/t12-/m0/s1. The number of carbonyl (C=O) groups is 1. The van der Waals surface area contributed by atoms with Crippen LogP contribution in [0.5, 0.6) is 5.75 Å². The second-order valence-corrected chi connectivity index (χ2v) is 6.60. The Labute approximate surface area is 138 Å². The Morgan fingerprint density at radius 2 is 2.17 bits per heavy atom. The summed E-state index contributed by atoms with van der Waals surface area (Å²) in [5.74, 6) is -0.664. The van der Waals surface area contributed by atoms with E-state index in [2.05, 4.69) is 10.3 Å². The van der Waals surface area contributed by atoms with Crippen molar-refractivity contribution in [2.24, 2.45) is 0 Å². The number of hydrogen-bond acceptors (Lipinski definition) is 4. The van der Waals surface area contributed by atoms with Crippen LogP contribution in [0.4, 0.5) is 4.39 Å². The monoisotopic (exact) mass is 330 g/mol. The van der Waals surface area contributed by atoms with Gasteiger partial charge in [0.2, 0.25) is 0 Å². The van der Waals surface area contributed by atoms with Gasteiger partial charge in [-0.15, -0.1) is 5.10 Å². The first-order valence-corrected chi connectivity index (χ1v) is 8.31. The Kier molecular flexibility index (Phi) is 3.70. The molecular weight excluding hydrogens is 311 g/mol. The Hall–Kier alpha value is -2.44. The van der Waals surface area contributed by atoms with Gasteiger partial charge in [0, 0.05) is 24.7 Å². The van der Waals surface area contributed by atoms with Gasteiger partial charge in [0.05, 0.1) is 23.8 Å². The lowest BCUT2D eigenvalue weighted by Gasteiger charge is -2.24. The summed E-state index contributed by atoms with van der Waals surface area (Å²) in [6.45, 7) is 1.18. The largest absolute Gasteiger partial charge is 0.508 e. The van der Waals surface area contributed by atoms with Gasteiger partial charge in [-0.2, -0.15) is 0 Å². The topological polar surface area (TPSA) is 71.2 Å². The van der Waals surface area contributed by atoms with Crippen LogP contribution in [-0.4, -0.2) is 43.5 Å². The van der Waals surface area contributed by atoms with E-state index in [0.717, 1.165) is 24.6 Å². The van der Waals surface area contributed by atoms with Crippen molar-refractivity contribution in [3.8, 4) is 5.75 Å². The van der Waals surface area contributed by atoms with E-state index in [9.17, 15) is 14.3 Å². The van der Waals surface area contributed by atoms with E-state index in [1.165, 1.54) is 25.0 Å². The van der Waals surface area contributed by atoms with Crippen LogP contribution in [0.3, 0.4) is 0 Å². The summed E-state index contributed by atoms with van der Waals surface area (Å²) in [4.78, 5) is 14.4. The number of aromatic nitrogens is 3. The van der Waals surface area contributed by atoms with Gasteiger partial charge in [-0.25, -0.2) is 4.39 Å². The summed E-state index contributed by atoms with van der Waals surface area (Å²) < 4.78 is 15.8. The lowest BCUT2D eigenvalue weighted by Crippen LogP contribution is -2.38. The zero-order chi connectivity index (χ0) is 16.7. The smallest absolute Gasteiger partial charge is 0.257 e. The molecule has 1 aromatic heterocycles. The first-order chi connectivity index (χ1) is 11.6. The minimum absolute atomic E-state index is 0.00282. The molecule has 0 bridgehead atoms. The van der Waals surface area contributed by atoms with E-state index in [0.29, 0.717) is 19.0 Å². The van der Waals surface area contributed by atoms with Crippen molar-refractivity contribution in [3.05, 3.63) is 41.5 Å². The van der Waals surface area contributed by atoms with Gasteiger partial charge in [-0.05, 0) is 37.8 Å². The minimum atomic E-state index is -0.692. The zero-order valence-electron chi connectivity index (χ0n) is 13.2. The molecule has 4 rings (SSSR count). The molecule has 2 aromatic rings. The van der Waals surface area contributed by atoms with E-state index in [1.807, 2.05) is 6.20 Å². The molecule has 1 aromatic carbocycles. The van der Waals surface area contributed by atoms with Crippen molar-refractivity contribution in [2.75, 3.05) is 6.54 Å². The van der Waals surface area contributed by atoms with Crippen LogP contribution in [0.1, 0.15) is 47.7 Å². The number of rotatable bonds is 4. The van der Waals surface area contributed by atoms with Crippen molar-refractivity contribution in [1.82, 2.24) is 19.9 Å². The van der Waals surface area contributed by atoms with Crippen molar-refractivity contribution < 1.29 is 14.3 Å². The number of nitrogens with zero attached hydrogens (tertiary/aromatic N) is 4. The molecule has 24 heavy (non-hydrogen) atoms. The maximum absolute atomic E-state index is 14.0. The van der Waals surface area contributed by atoms with Crippen molar-refractivity contribution in [2.45, 2.75) is 44.2 Å². The maximum Gasteiger partial charge on any atom is 0.257 e. The second kappa shape index (κ2) is 5.89. The highest BCUT2D eigenvalue weighted by Crippen LogP contribution is 2.38. The Morgan fingerprint density at radius 1 is 1.33 bits per heavy atom. The summed E-state index contributed by atoms with van der Waals surface area (Å²) in [6.07, 6.45) is 6.06. The molecule has 1 N–H and O–H groups in total. The Bertz CT molecular complexity index is 772. The van der Waals surface area contributed by atoms with Crippen molar-refractivity contribution in [3.63, 3.8) is 0 Å². The van der Waals surface area contributed by atoms with Crippen LogP contribution < -0.4 is 0 Å². The second-order valence-electron chi connectivity index (χ2n) is 6.60. The molecule has 7 heteroatoms. The molecule has 1 saturated heterocycles. The first-order valence-electron chi connectivity index (χ1n) is 8.31. The van der Waals surface area contributed by atoms with Gasteiger partial charge in [-0.3, -0.25) is 9.48 Å². The minimum Gasteiger partial charge on any atom is -0.508 e. The molecule has 1 saturated carbocycles. The van der Waals surface area contributed by atoms with Crippen LogP contribution in [0.25, 0.3) is 0 Å². The van der Waals surface area contributed by atoms with Gasteiger partial charge >= 0.3 is 0 Å². The number of amides is 1. The quantitative estimate of drug-likeness (QED) is 0.934. The number of phenolic OH excluding ortho intramolecular Hbond substituents is 1. The van der Waals surface area contributed by atoms with Crippen molar-refractivity contribution >= 4 is 5.91 Å². The molecular formula is C17H19FN4O2. The molecule has 0 unspecified atom stereocenters. The highest BCUT2D eigenvalue weighted by atomic mass is 19.1. The summed E-state index contributed by atoms with van der Waals surface area (Å²) in [7, 11) is 0. The summed E-state index contributed by atoms with van der Waals surface area (Å²) in [6, 6.07) is 3.63. The molecule has 1 amide bonds. The van der Waals surface area contributed by atoms with E-state index in [1.54, 1.807) is 9.58 Å². The molecule has 2 heterocycles. The van der Waals surface area contributed by atoms with Crippen LogP contribution >= 0.6 is 0 Å². The molecule has 0 radical (unpaired) electrons. The fourth-order valence-electron chi connectivity index (χ4n) is 3.31. The Balaban J connectivity index is 1.49. The van der Waals surface area contributed by atoms with Gasteiger partial charge in [0.1, 0.15) is 11.6 Å². The predicted octanol–water partition coefficient (Wildman–Crippen LogP) is 2.30.